The molecular weight excluding hydrogens is 1040 g/mol. The summed E-state index contributed by atoms with van der Waals surface area (Å²) in [7, 11) is 0. The van der Waals surface area contributed by atoms with Crippen molar-refractivity contribution in [3.05, 3.63) is 314 Å². The molecule has 0 atom stereocenters. The highest BCUT2D eigenvalue weighted by atomic mass is 16.3. The molecular formula is C81H56N4O. The molecule has 0 spiro atoms. The molecule has 0 saturated heterocycles. The number of para-hydroxylation sites is 5. The number of nitrogens with zero attached hydrogens (tertiary/aromatic N) is 4. The lowest BCUT2D eigenvalue weighted by atomic mass is 9.80. The van der Waals surface area contributed by atoms with Gasteiger partial charge >= 0.3 is 0 Å². The zero-order valence-corrected chi connectivity index (χ0v) is 47.6. The summed E-state index contributed by atoms with van der Waals surface area (Å²) in [5.74, 6) is 0. The first-order valence-corrected chi connectivity index (χ1v) is 29.7. The normalized spacial score (nSPS) is 12.6. The lowest BCUT2D eigenvalue weighted by Crippen LogP contribution is -2.16. The molecule has 86 heavy (non-hydrogen) atoms. The smallest absolute Gasteiger partial charge is 0.144 e. The average molecular weight is 1100 g/mol. The van der Waals surface area contributed by atoms with Gasteiger partial charge in [0.05, 0.1) is 22.1 Å². The Labute approximate surface area is 498 Å². The Morgan fingerprint density at radius 1 is 0.326 bits per heavy atom. The number of benzene rings is 13. The zero-order chi connectivity index (χ0) is 57.0. The molecule has 1 aliphatic carbocycles. The van der Waals surface area contributed by atoms with Crippen molar-refractivity contribution in [3.8, 4) is 44.8 Å². The molecule has 3 heterocycles. The monoisotopic (exact) mass is 1100 g/mol. The van der Waals surface area contributed by atoms with Gasteiger partial charge in [0, 0.05) is 88.8 Å². The third kappa shape index (κ3) is 7.64. The van der Waals surface area contributed by atoms with E-state index in [-0.39, 0.29) is 0 Å². The van der Waals surface area contributed by atoms with Gasteiger partial charge in [-0.15, -0.1) is 0 Å². The molecule has 0 radical (unpaired) electrons. The molecule has 13 aromatic carbocycles. The molecule has 0 unspecified atom stereocenters. The molecule has 17 rings (SSSR count). The minimum absolute atomic E-state index is 0.484. The van der Waals surface area contributed by atoms with Gasteiger partial charge in [-0.1, -0.05) is 202 Å². The highest BCUT2D eigenvalue weighted by Gasteiger charge is 2.43. The van der Waals surface area contributed by atoms with Crippen LogP contribution in [0, 0.1) is 0 Å². The number of aromatic nitrogens is 2. The fourth-order valence-electron chi connectivity index (χ4n) is 14.1. The summed E-state index contributed by atoms with van der Waals surface area (Å²) in [6.07, 6.45) is 0. The van der Waals surface area contributed by atoms with Crippen LogP contribution in [0.15, 0.2) is 308 Å². The van der Waals surface area contributed by atoms with E-state index in [2.05, 4.69) is 336 Å². The molecule has 3 aromatic heterocycles. The van der Waals surface area contributed by atoms with Crippen molar-refractivity contribution >= 4 is 99.7 Å². The van der Waals surface area contributed by atoms with Crippen molar-refractivity contribution in [1.82, 2.24) is 9.13 Å². The molecule has 0 aliphatic heterocycles. The Hall–Kier alpha value is -11.1. The van der Waals surface area contributed by atoms with E-state index in [1.165, 1.54) is 66.0 Å². The van der Waals surface area contributed by atoms with Crippen molar-refractivity contribution in [2.75, 3.05) is 9.80 Å². The van der Waals surface area contributed by atoms with E-state index >= 15 is 0 Å². The van der Waals surface area contributed by atoms with Crippen LogP contribution >= 0.6 is 0 Å². The highest BCUT2D eigenvalue weighted by Crippen LogP contribution is 2.59. The Bertz CT molecular complexity index is 5260. The van der Waals surface area contributed by atoms with E-state index in [9.17, 15) is 0 Å². The minimum atomic E-state index is -0.484. The van der Waals surface area contributed by atoms with Gasteiger partial charge in [-0.05, 0) is 154 Å². The Kier molecular flexibility index (Phi) is 11.2. The quantitative estimate of drug-likeness (QED) is 0.137. The summed E-state index contributed by atoms with van der Waals surface area (Å²) in [6, 6.07) is 110. The summed E-state index contributed by atoms with van der Waals surface area (Å²) < 4.78 is 12.4. The number of anilines is 6. The second-order valence-electron chi connectivity index (χ2n) is 23.2. The van der Waals surface area contributed by atoms with Crippen LogP contribution < -0.4 is 9.80 Å². The van der Waals surface area contributed by atoms with Gasteiger partial charge < -0.3 is 23.4 Å². The van der Waals surface area contributed by atoms with Gasteiger partial charge in [0.25, 0.3) is 0 Å². The first kappa shape index (κ1) is 49.5. The summed E-state index contributed by atoms with van der Waals surface area (Å²) in [5, 5.41) is 7.00. The predicted molar refractivity (Wildman–Crippen MR) is 360 cm³/mol. The van der Waals surface area contributed by atoms with Gasteiger partial charge in [0.15, 0.2) is 0 Å². The Balaban J connectivity index is 0.917. The van der Waals surface area contributed by atoms with Crippen LogP contribution in [0.2, 0.25) is 0 Å². The van der Waals surface area contributed by atoms with Crippen molar-refractivity contribution < 1.29 is 4.42 Å². The van der Waals surface area contributed by atoms with Crippen molar-refractivity contribution in [2.24, 2.45) is 0 Å². The van der Waals surface area contributed by atoms with Crippen LogP contribution in [0.4, 0.5) is 34.1 Å². The van der Waals surface area contributed by atoms with Crippen molar-refractivity contribution in [1.29, 1.82) is 0 Å². The summed E-state index contributed by atoms with van der Waals surface area (Å²) >= 11 is 0. The molecule has 0 amide bonds. The summed E-state index contributed by atoms with van der Waals surface area (Å²) in [6.45, 7) is 4.86. The lowest BCUT2D eigenvalue weighted by Gasteiger charge is -2.26. The second kappa shape index (κ2) is 19.5. The Morgan fingerprint density at radius 3 is 1.29 bits per heavy atom. The first-order chi connectivity index (χ1) is 42.4. The molecule has 1 aliphatic rings. The third-order valence-electron chi connectivity index (χ3n) is 18.0. The van der Waals surface area contributed by atoms with Crippen LogP contribution in [0.3, 0.4) is 0 Å². The van der Waals surface area contributed by atoms with Crippen molar-refractivity contribution in [2.45, 2.75) is 19.3 Å². The molecule has 0 bridgehead atoms. The van der Waals surface area contributed by atoms with E-state index in [0.717, 1.165) is 89.6 Å². The van der Waals surface area contributed by atoms with Crippen LogP contribution in [0.25, 0.3) is 110 Å². The van der Waals surface area contributed by atoms with E-state index in [1.807, 2.05) is 0 Å². The number of fused-ring (bicyclic) bond motifs is 15. The molecule has 16 aromatic rings. The minimum Gasteiger partial charge on any atom is -0.455 e. The maximum atomic E-state index is 7.35. The predicted octanol–water partition coefficient (Wildman–Crippen LogP) is 22.4. The van der Waals surface area contributed by atoms with E-state index < -0.39 is 5.41 Å². The standard InChI is InChI=1S/C81H56N4O/c1-81(2)70-51-68-65-47-45-63(82(57-27-13-5-14-28-57)61-41-37-55(38-42-61)53-23-9-3-10-24-53)49-71(65)84(59-31-17-7-18-32-59)73(68)52-69(70)77-78(81)79-75(76-67-35-21-22-36-74(67)86-80(76)77)66-48-46-64(50-72(66)85(79)60-33-19-8-20-34-60)83(58-29-15-6-16-30-58)62-43-39-56(40-44-62)54-25-11-4-12-26-54/h3-52H,1-2H3. The van der Waals surface area contributed by atoms with Gasteiger partial charge in [-0.2, -0.15) is 0 Å². The Morgan fingerprint density at radius 2 is 0.744 bits per heavy atom. The first-order valence-electron chi connectivity index (χ1n) is 29.7. The van der Waals surface area contributed by atoms with E-state index in [0.29, 0.717) is 0 Å². The maximum Gasteiger partial charge on any atom is 0.144 e. The largest absolute Gasteiger partial charge is 0.455 e. The number of furan rings is 1. The highest BCUT2D eigenvalue weighted by molar-refractivity contribution is 6.32. The second-order valence-corrected chi connectivity index (χ2v) is 23.2. The van der Waals surface area contributed by atoms with Crippen LogP contribution in [0.5, 0.6) is 0 Å². The van der Waals surface area contributed by atoms with Crippen LogP contribution in [-0.4, -0.2) is 9.13 Å². The SMILES string of the molecule is CC1(C)c2cc3c4ccc(N(c5ccccc5)c5ccc(-c6ccccc6)cc5)cc4n(-c4ccccc4)c3cc2-c2c1c1c(c3ccc(N(c4ccccc4)c4ccc(-c5ccccc5)cc4)cc3n1-c1ccccc1)c1c2oc2ccccc21. The molecule has 0 N–H and O–H groups in total. The maximum absolute atomic E-state index is 7.35. The number of hydrogen-bond acceptors (Lipinski definition) is 3. The fourth-order valence-corrected chi connectivity index (χ4v) is 14.1. The molecule has 0 saturated carbocycles. The topological polar surface area (TPSA) is 29.5 Å². The zero-order valence-electron chi connectivity index (χ0n) is 47.6. The third-order valence-corrected chi connectivity index (χ3v) is 18.0. The van der Waals surface area contributed by atoms with E-state index in [1.54, 1.807) is 0 Å². The fraction of sp³-hybridized carbons (Fsp3) is 0.0370. The summed E-state index contributed by atoms with van der Waals surface area (Å²) in [5.41, 5.74) is 24.2. The molecule has 5 heteroatoms. The number of hydrogen-bond donors (Lipinski definition) is 0. The van der Waals surface area contributed by atoms with Crippen molar-refractivity contribution in [3.63, 3.8) is 0 Å². The van der Waals surface area contributed by atoms with Crippen LogP contribution in [-0.2, 0) is 5.41 Å². The number of rotatable bonds is 10. The lowest BCUT2D eigenvalue weighted by molar-refractivity contribution is 0.656. The van der Waals surface area contributed by atoms with Crippen LogP contribution in [0.1, 0.15) is 25.0 Å². The molecule has 0 fully saturated rings. The van der Waals surface area contributed by atoms with Gasteiger partial charge in [-0.25, -0.2) is 0 Å². The molecule has 406 valence electrons. The van der Waals surface area contributed by atoms with E-state index in [4.69, 9.17) is 4.42 Å². The average Bonchev–Trinajstić information content (AvgIpc) is 1.54. The van der Waals surface area contributed by atoms with Gasteiger partial charge in [0.2, 0.25) is 0 Å². The van der Waals surface area contributed by atoms with Gasteiger partial charge in [-0.3, -0.25) is 0 Å². The van der Waals surface area contributed by atoms with Gasteiger partial charge in [0.1, 0.15) is 11.2 Å². The molecule has 5 nitrogen and oxygen atoms in total. The summed E-state index contributed by atoms with van der Waals surface area (Å²) in [4.78, 5) is 4.76.